The summed E-state index contributed by atoms with van der Waals surface area (Å²) in [6.07, 6.45) is 0. The highest BCUT2D eigenvalue weighted by Gasteiger charge is 2.14. The second-order valence-corrected chi connectivity index (χ2v) is 3.95. The zero-order chi connectivity index (χ0) is 11.4. The molecule has 0 spiro atoms. The van der Waals surface area contributed by atoms with Crippen LogP contribution in [0, 0.1) is 5.82 Å². The maximum absolute atomic E-state index is 13.1. The fraction of sp³-hybridized carbons (Fsp3) is 0.300. The molecule has 5 heteroatoms. The number of benzene rings is 1. The van der Waals surface area contributed by atoms with Crippen LogP contribution in [0.4, 0.5) is 4.39 Å². The average Bonchev–Trinajstić information content (AvgIpc) is 2.21. The molecule has 0 aliphatic rings. The predicted octanol–water partition coefficient (Wildman–Crippen LogP) is 1.70. The first kappa shape index (κ1) is 12.1. The fourth-order valence-corrected chi connectivity index (χ4v) is 1.47. The van der Waals surface area contributed by atoms with Gasteiger partial charge in [-0.1, -0.05) is 6.07 Å². The van der Waals surface area contributed by atoms with E-state index >= 15 is 0 Å². The largest absolute Gasteiger partial charge is 0.394 e. The van der Waals surface area contributed by atoms with Crippen molar-refractivity contribution < 1.29 is 14.3 Å². The van der Waals surface area contributed by atoms with Gasteiger partial charge in [-0.05, 0) is 35.0 Å². The third kappa shape index (κ3) is 3.00. The number of carbonyl (C=O) groups excluding carboxylic acids is 1. The average molecular weight is 276 g/mol. The van der Waals surface area contributed by atoms with Crippen molar-refractivity contribution >= 4 is 21.8 Å². The van der Waals surface area contributed by atoms with Crippen LogP contribution in [0.1, 0.15) is 17.3 Å². The van der Waals surface area contributed by atoms with Crippen LogP contribution in [0.3, 0.4) is 0 Å². The van der Waals surface area contributed by atoms with Crippen LogP contribution in [0.25, 0.3) is 0 Å². The Morgan fingerprint density at radius 2 is 2.33 bits per heavy atom. The van der Waals surface area contributed by atoms with Gasteiger partial charge in [0.15, 0.2) is 0 Å². The third-order valence-electron chi connectivity index (χ3n) is 1.85. The molecule has 1 atom stereocenters. The number of carbonyl (C=O) groups is 1. The molecule has 1 aromatic carbocycles. The van der Waals surface area contributed by atoms with Gasteiger partial charge >= 0.3 is 0 Å². The van der Waals surface area contributed by atoms with E-state index in [9.17, 15) is 9.18 Å². The molecular formula is C10H11BrFNO2. The molecule has 0 heterocycles. The zero-order valence-corrected chi connectivity index (χ0v) is 9.71. The van der Waals surface area contributed by atoms with Gasteiger partial charge in [0.2, 0.25) is 0 Å². The standard InChI is InChI=1S/C10H11BrFNO2/c1-6(5-14)13-10(15)7-3-2-4-8(12)9(7)11/h2-4,6,14H,5H2,1H3,(H,13,15). The number of amides is 1. The molecule has 0 bridgehead atoms. The molecule has 1 rings (SSSR count). The van der Waals surface area contributed by atoms with Gasteiger partial charge in [0.1, 0.15) is 5.82 Å². The monoisotopic (exact) mass is 275 g/mol. The molecule has 0 aliphatic heterocycles. The Labute approximate surface area is 95.4 Å². The van der Waals surface area contributed by atoms with E-state index in [2.05, 4.69) is 21.2 Å². The Balaban J connectivity index is 2.87. The highest BCUT2D eigenvalue weighted by molar-refractivity contribution is 9.10. The molecule has 2 N–H and O–H groups in total. The summed E-state index contributed by atoms with van der Waals surface area (Å²) in [5.74, 6) is -0.901. The summed E-state index contributed by atoms with van der Waals surface area (Å²) in [6.45, 7) is 1.50. The quantitative estimate of drug-likeness (QED) is 0.882. The Morgan fingerprint density at radius 3 is 2.93 bits per heavy atom. The number of hydrogen-bond acceptors (Lipinski definition) is 2. The van der Waals surface area contributed by atoms with Crippen molar-refractivity contribution in [3.05, 3.63) is 34.1 Å². The zero-order valence-electron chi connectivity index (χ0n) is 8.13. The smallest absolute Gasteiger partial charge is 0.252 e. The molecule has 0 saturated heterocycles. The van der Waals surface area contributed by atoms with Gasteiger partial charge in [-0.15, -0.1) is 0 Å². The lowest BCUT2D eigenvalue weighted by Crippen LogP contribution is -2.35. The van der Waals surface area contributed by atoms with Crippen molar-refractivity contribution in [2.75, 3.05) is 6.61 Å². The number of aliphatic hydroxyl groups excluding tert-OH is 1. The van der Waals surface area contributed by atoms with Gasteiger partial charge in [-0.25, -0.2) is 4.39 Å². The number of hydrogen-bond donors (Lipinski definition) is 2. The lowest BCUT2D eigenvalue weighted by Gasteiger charge is -2.11. The summed E-state index contributed by atoms with van der Waals surface area (Å²) in [5, 5.41) is 11.3. The molecular weight excluding hydrogens is 265 g/mol. The van der Waals surface area contributed by atoms with E-state index < -0.39 is 11.7 Å². The summed E-state index contributed by atoms with van der Waals surface area (Å²) in [4.78, 5) is 11.6. The minimum absolute atomic E-state index is 0.132. The SMILES string of the molecule is CC(CO)NC(=O)c1cccc(F)c1Br. The van der Waals surface area contributed by atoms with Crippen LogP contribution < -0.4 is 5.32 Å². The van der Waals surface area contributed by atoms with E-state index in [4.69, 9.17) is 5.11 Å². The Kier molecular flexibility index (Phi) is 4.23. The van der Waals surface area contributed by atoms with Gasteiger partial charge in [0.05, 0.1) is 16.6 Å². The maximum Gasteiger partial charge on any atom is 0.252 e. The minimum Gasteiger partial charge on any atom is -0.394 e. The van der Waals surface area contributed by atoms with Gasteiger partial charge in [-0.2, -0.15) is 0 Å². The molecule has 1 unspecified atom stereocenters. The van der Waals surface area contributed by atoms with Crippen LogP contribution >= 0.6 is 15.9 Å². The number of nitrogens with one attached hydrogen (secondary N) is 1. The van der Waals surface area contributed by atoms with E-state index in [0.29, 0.717) is 0 Å². The first-order valence-electron chi connectivity index (χ1n) is 4.42. The van der Waals surface area contributed by atoms with E-state index in [1.165, 1.54) is 18.2 Å². The van der Waals surface area contributed by atoms with E-state index in [1.54, 1.807) is 6.92 Å². The molecule has 0 aliphatic carbocycles. The highest BCUT2D eigenvalue weighted by Crippen LogP contribution is 2.20. The molecule has 3 nitrogen and oxygen atoms in total. The second kappa shape index (κ2) is 5.23. The number of aliphatic hydroxyl groups is 1. The summed E-state index contributed by atoms with van der Waals surface area (Å²) in [6, 6.07) is 3.87. The molecule has 82 valence electrons. The molecule has 0 saturated carbocycles. The van der Waals surface area contributed by atoms with Crippen LogP contribution in [0.5, 0.6) is 0 Å². The molecule has 0 fully saturated rings. The van der Waals surface area contributed by atoms with Crippen molar-refractivity contribution in [3.8, 4) is 0 Å². The first-order chi connectivity index (χ1) is 7.06. The number of rotatable bonds is 3. The van der Waals surface area contributed by atoms with Crippen molar-refractivity contribution in [2.24, 2.45) is 0 Å². The molecule has 0 aromatic heterocycles. The second-order valence-electron chi connectivity index (χ2n) is 3.16. The maximum atomic E-state index is 13.1. The molecule has 0 radical (unpaired) electrons. The van der Waals surface area contributed by atoms with Gasteiger partial charge in [0, 0.05) is 6.04 Å². The van der Waals surface area contributed by atoms with Crippen molar-refractivity contribution in [1.29, 1.82) is 0 Å². The van der Waals surface area contributed by atoms with Gasteiger partial charge in [0.25, 0.3) is 5.91 Å². The van der Waals surface area contributed by atoms with Gasteiger partial charge in [-0.3, -0.25) is 4.79 Å². The fourth-order valence-electron chi connectivity index (χ4n) is 1.03. The first-order valence-corrected chi connectivity index (χ1v) is 5.21. The van der Waals surface area contributed by atoms with Crippen LogP contribution in [0.2, 0.25) is 0 Å². The van der Waals surface area contributed by atoms with Crippen LogP contribution in [-0.2, 0) is 0 Å². The summed E-state index contributed by atoms with van der Waals surface area (Å²) in [7, 11) is 0. The van der Waals surface area contributed by atoms with E-state index in [-0.39, 0.29) is 22.7 Å². The topological polar surface area (TPSA) is 49.3 Å². The molecule has 1 amide bonds. The Morgan fingerprint density at radius 1 is 1.67 bits per heavy atom. The van der Waals surface area contributed by atoms with Gasteiger partial charge < -0.3 is 10.4 Å². The van der Waals surface area contributed by atoms with Crippen LogP contribution in [-0.4, -0.2) is 23.7 Å². The Hall–Kier alpha value is -0.940. The van der Waals surface area contributed by atoms with Crippen LogP contribution in [0.15, 0.2) is 22.7 Å². The summed E-state index contributed by atoms with van der Waals surface area (Å²) >= 11 is 2.99. The normalized spacial score (nSPS) is 12.3. The van der Waals surface area contributed by atoms with E-state index in [1.807, 2.05) is 0 Å². The van der Waals surface area contributed by atoms with E-state index in [0.717, 1.165) is 0 Å². The van der Waals surface area contributed by atoms with Crippen molar-refractivity contribution in [1.82, 2.24) is 5.32 Å². The Bertz CT molecular complexity index is 370. The number of halogens is 2. The molecule has 15 heavy (non-hydrogen) atoms. The lowest BCUT2D eigenvalue weighted by atomic mass is 10.2. The highest BCUT2D eigenvalue weighted by atomic mass is 79.9. The predicted molar refractivity (Wildman–Crippen MR) is 58.1 cm³/mol. The minimum atomic E-state index is -0.487. The third-order valence-corrected chi connectivity index (χ3v) is 2.65. The summed E-state index contributed by atoms with van der Waals surface area (Å²) < 4.78 is 13.2. The summed E-state index contributed by atoms with van der Waals surface area (Å²) in [5.41, 5.74) is 0.218. The van der Waals surface area contributed by atoms with Crippen molar-refractivity contribution in [3.63, 3.8) is 0 Å². The lowest BCUT2D eigenvalue weighted by molar-refractivity contribution is 0.0921. The van der Waals surface area contributed by atoms with Crippen molar-refractivity contribution in [2.45, 2.75) is 13.0 Å². The molecule has 1 aromatic rings.